The largest absolute Gasteiger partial charge is 0.444 e. The standard InChI is InChI=1S/C12H22N2O3/c1-11(2,3)17-10(15)14-8-12(7-13)6-9(14)4-5-16-12/h9H,4-8,13H2,1-3H3. The molecule has 2 rings (SSSR count). The van der Waals surface area contributed by atoms with Crippen LogP contribution in [0.1, 0.15) is 33.6 Å². The van der Waals surface area contributed by atoms with E-state index in [1.807, 2.05) is 20.8 Å². The molecular weight excluding hydrogens is 220 g/mol. The number of nitrogens with zero attached hydrogens (tertiary/aromatic N) is 1. The highest BCUT2D eigenvalue weighted by atomic mass is 16.6. The average molecular weight is 242 g/mol. The third-order valence-electron chi connectivity index (χ3n) is 3.37. The molecule has 0 radical (unpaired) electrons. The van der Waals surface area contributed by atoms with E-state index in [-0.39, 0.29) is 17.7 Å². The van der Waals surface area contributed by atoms with Gasteiger partial charge in [0.1, 0.15) is 5.60 Å². The minimum Gasteiger partial charge on any atom is -0.444 e. The summed E-state index contributed by atoms with van der Waals surface area (Å²) in [5.74, 6) is 0. The van der Waals surface area contributed by atoms with Crippen molar-refractivity contribution >= 4 is 6.09 Å². The number of carbonyl (C=O) groups is 1. The molecule has 5 nitrogen and oxygen atoms in total. The minimum atomic E-state index is -0.454. The monoisotopic (exact) mass is 242 g/mol. The fourth-order valence-electron chi connectivity index (χ4n) is 2.56. The normalized spacial score (nSPS) is 32.7. The van der Waals surface area contributed by atoms with E-state index < -0.39 is 5.60 Å². The van der Waals surface area contributed by atoms with Crippen LogP contribution in [0.15, 0.2) is 0 Å². The van der Waals surface area contributed by atoms with Crippen molar-refractivity contribution in [3.63, 3.8) is 0 Å². The first-order chi connectivity index (χ1) is 7.85. The highest BCUT2D eigenvalue weighted by Crippen LogP contribution is 2.36. The summed E-state index contributed by atoms with van der Waals surface area (Å²) < 4.78 is 11.2. The predicted molar refractivity (Wildman–Crippen MR) is 63.7 cm³/mol. The molecule has 2 bridgehead atoms. The summed E-state index contributed by atoms with van der Waals surface area (Å²) in [4.78, 5) is 13.9. The second-order valence-electron chi connectivity index (χ2n) is 5.99. The number of amides is 1. The Labute approximate surface area is 102 Å². The Bertz CT molecular complexity index is 313. The summed E-state index contributed by atoms with van der Waals surface area (Å²) in [5.41, 5.74) is 4.97. The van der Waals surface area contributed by atoms with Gasteiger partial charge in [-0.05, 0) is 27.2 Å². The van der Waals surface area contributed by atoms with E-state index >= 15 is 0 Å². The number of likely N-dealkylation sites (tertiary alicyclic amines) is 1. The summed E-state index contributed by atoms with van der Waals surface area (Å²) in [7, 11) is 0. The Morgan fingerprint density at radius 3 is 2.82 bits per heavy atom. The lowest BCUT2D eigenvalue weighted by Gasteiger charge is -2.30. The highest BCUT2D eigenvalue weighted by molar-refractivity contribution is 5.69. The van der Waals surface area contributed by atoms with Crippen molar-refractivity contribution in [1.82, 2.24) is 4.90 Å². The van der Waals surface area contributed by atoms with Gasteiger partial charge in [0.2, 0.25) is 0 Å². The molecule has 2 aliphatic heterocycles. The molecule has 0 aromatic heterocycles. The molecular formula is C12H22N2O3. The van der Waals surface area contributed by atoms with Gasteiger partial charge in [0.15, 0.2) is 0 Å². The predicted octanol–water partition coefficient (Wildman–Crippen LogP) is 1.11. The van der Waals surface area contributed by atoms with Gasteiger partial charge in [0.25, 0.3) is 0 Å². The van der Waals surface area contributed by atoms with Crippen molar-refractivity contribution in [2.75, 3.05) is 19.7 Å². The zero-order valence-electron chi connectivity index (χ0n) is 10.9. The van der Waals surface area contributed by atoms with Gasteiger partial charge >= 0.3 is 6.09 Å². The molecule has 2 heterocycles. The molecule has 0 aliphatic carbocycles. The number of ether oxygens (including phenoxy) is 2. The fourth-order valence-corrected chi connectivity index (χ4v) is 2.56. The number of hydrogen-bond acceptors (Lipinski definition) is 4. The van der Waals surface area contributed by atoms with Crippen molar-refractivity contribution in [3.8, 4) is 0 Å². The summed E-state index contributed by atoms with van der Waals surface area (Å²) in [6.07, 6.45) is 1.47. The van der Waals surface area contributed by atoms with E-state index in [1.165, 1.54) is 0 Å². The third-order valence-corrected chi connectivity index (χ3v) is 3.37. The van der Waals surface area contributed by atoms with Crippen LogP contribution in [-0.4, -0.2) is 47.9 Å². The number of hydrogen-bond donors (Lipinski definition) is 1. The Morgan fingerprint density at radius 1 is 1.59 bits per heavy atom. The number of fused-ring (bicyclic) bond motifs is 2. The minimum absolute atomic E-state index is 0.224. The number of carbonyl (C=O) groups excluding carboxylic acids is 1. The lowest BCUT2D eigenvalue weighted by Crippen LogP contribution is -2.45. The van der Waals surface area contributed by atoms with Crippen LogP contribution < -0.4 is 5.73 Å². The molecule has 2 saturated heterocycles. The van der Waals surface area contributed by atoms with Gasteiger partial charge in [0, 0.05) is 25.6 Å². The summed E-state index contributed by atoms with van der Waals surface area (Å²) in [6.45, 7) is 7.33. The molecule has 2 unspecified atom stereocenters. The van der Waals surface area contributed by atoms with E-state index in [4.69, 9.17) is 15.2 Å². The molecule has 2 N–H and O–H groups in total. The topological polar surface area (TPSA) is 64.8 Å². The maximum atomic E-state index is 12.1. The van der Waals surface area contributed by atoms with Gasteiger partial charge in [-0.15, -0.1) is 0 Å². The lowest BCUT2D eigenvalue weighted by atomic mass is 9.96. The van der Waals surface area contributed by atoms with Crippen molar-refractivity contribution < 1.29 is 14.3 Å². The lowest BCUT2D eigenvalue weighted by molar-refractivity contribution is -0.0444. The van der Waals surface area contributed by atoms with Gasteiger partial charge in [0.05, 0.1) is 12.1 Å². The van der Waals surface area contributed by atoms with Crippen LogP contribution in [0.4, 0.5) is 4.79 Å². The van der Waals surface area contributed by atoms with Crippen LogP contribution in [0, 0.1) is 0 Å². The molecule has 2 atom stereocenters. The molecule has 2 aliphatic rings. The van der Waals surface area contributed by atoms with Crippen LogP contribution in [0.2, 0.25) is 0 Å². The van der Waals surface area contributed by atoms with E-state index in [1.54, 1.807) is 4.90 Å². The molecule has 2 fully saturated rings. The van der Waals surface area contributed by atoms with Crippen LogP contribution in [0.5, 0.6) is 0 Å². The Balaban J connectivity index is 2.06. The SMILES string of the molecule is CC(C)(C)OC(=O)N1CC2(CN)CC1CCO2. The smallest absolute Gasteiger partial charge is 0.410 e. The average Bonchev–Trinajstić information content (AvgIpc) is 2.49. The first kappa shape index (κ1) is 12.6. The van der Waals surface area contributed by atoms with Gasteiger partial charge in [-0.25, -0.2) is 4.79 Å². The Morgan fingerprint density at radius 2 is 2.29 bits per heavy atom. The summed E-state index contributed by atoms with van der Waals surface area (Å²) >= 11 is 0. The Kier molecular flexibility index (Phi) is 3.08. The highest BCUT2D eigenvalue weighted by Gasteiger charge is 2.49. The van der Waals surface area contributed by atoms with Crippen LogP contribution >= 0.6 is 0 Å². The molecule has 1 amide bonds. The molecule has 0 spiro atoms. The van der Waals surface area contributed by atoms with Crippen molar-refractivity contribution in [3.05, 3.63) is 0 Å². The van der Waals surface area contributed by atoms with Gasteiger partial charge in [-0.2, -0.15) is 0 Å². The first-order valence-corrected chi connectivity index (χ1v) is 6.19. The van der Waals surface area contributed by atoms with Crippen molar-refractivity contribution in [2.45, 2.75) is 50.9 Å². The summed E-state index contributed by atoms with van der Waals surface area (Å²) in [6, 6.07) is 0.224. The van der Waals surface area contributed by atoms with Crippen LogP contribution in [0.25, 0.3) is 0 Å². The molecule has 0 aromatic carbocycles. The third kappa shape index (κ3) is 2.55. The molecule has 17 heavy (non-hydrogen) atoms. The first-order valence-electron chi connectivity index (χ1n) is 6.19. The zero-order valence-corrected chi connectivity index (χ0v) is 10.9. The zero-order chi connectivity index (χ0) is 12.7. The molecule has 0 aromatic rings. The van der Waals surface area contributed by atoms with Crippen molar-refractivity contribution in [1.29, 1.82) is 0 Å². The summed E-state index contributed by atoms with van der Waals surface area (Å²) in [5, 5.41) is 0. The maximum absolute atomic E-state index is 12.1. The second-order valence-corrected chi connectivity index (χ2v) is 5.99. The maximum Gasteiger partial charge on any atom is 0.410 e. The van der Waals surface area contributed by atoms with Crippen molar-refractivity contribution in [2.24, 2.45) is 5.73 Å². The fraction of sp³-hybridized carbons (Fsp3) is 0.917. The van der Waals surface area contributed by atoms with E-state index in [0.29, 0.717) is 19.7 Å². The van der Waals surface area contributed by atoms with Gasteiger partial charge in [-0.1, -0.05) is 0 Å². The van der Waals surface area contributed by atoms with Crippen LogP contribution in [0.3, 0.4) is 0 Å². The van der Waals surface area contributed by atoms with E-state index in [9.17, 15) is 4.79 Å². The van der Waals surface area contributed by atoms with Gasteiger partial charge < -0.3 is 20.1 Å². The van der Waals surface area contributed by atoms with E-state index in [2.05, 4.69) is 0 Å². The second kappa shape index (κ2) is 4.14. The van der Waals surface area contributed by atoms with Crippen LogP contribution in [-0.2, 0) is 9.47 Å². The molecule has 0 saturated carbocycles. The van der Waals surface area contributed by atoms with E-state index in [0.717, 1.165) is 12.8 Å². The Hall–Kier alpha value is -0.810. The molecule has 5 heteroatoms. The number of nitrogens with two attached hydrogens (primary N) is 1. The number of rotatable bonds is 1. The molecule has 98 valence electrons. The van der Waals surface area contributed by atoms with Gasteiger partial charge in [-0.3, -0.25) is 0 Å². The quantitative estimate of drug-likeness (QED) is 0.748.